The van der Waals surface area contributed by atoms with Crippen LogP contribution in [0.5, 0.6) is 5.75 Å². The van der Waals surface area contributed by atoms with Gasteiger partial charge in [-0.3, -0.25) is 0 Å². The molecule has 18 heavy (non-hydrogen) atoms. The average molecular weight is 394 g/mol. The van der Waals surface area contributed by atoms with Crippen molar-refractivity contribution in [3.8, 4) is 5.75 Å². The fraction of sp³-hybridized carbons (Fsp3) is 0.400. The van der Waals surface area contributed by atoms with Crippen molar-refractivity contribution >= 4 is 59.0 Å². The maximum atomic E-state index is 11.4. The molecular formula is C10H11BrCl2O3S2. The quantitative estimate of drug-likeness (QED) is 0.537. The standard InChI is InChI=1S/C10H11BrCl2O3S2/c1-17-4-2-3-16-10-8(12)5-7(11)6-9(10)18(13,14)15/h5-6H,2-4H2,1H3. The molecule has 0 amide bonds. The number of benzene rings is 1. The number of halogens is 3. The topological polar surface area (TPSA) is 43.4 Å². The molecule has 0 spiro atoms. The Labute approximate surface area is 129 Å². The van der Waals surface area contributed by atoms with Crippen molar-refractivity contribution in [3.05, 3.63) is 21.6 Å². The molecule has 102 valence electrons. The van der Waals surface area contributed by atoms with Crippen molar-refractivity contribution in [1.82, 2.24) is 0 Å². The molecule has 0 fully saturated rings. The van der Waals surface area contributed by atoms with Gasteiger partial charge in [-0.1, -0.05) is 27.5 Å². The number of thioether (sulfide) groups is 1. The van der Waals surface area contributed by atoms with Crippen LogP contribution in [-0.4, -0.2) is 27.0 Å². The lowest BCUT2D eigenvalue weighted by Crippen LogP contribution is -2.03. The van der Waals surface area contributed by atoms with Gasteiger partial charge in [0.2, 0.25) is 0 Å². The van der Waals surface area contributed by atoms with Crippen molar-refractivity contribution in [2.24, 2.45) is 0 Å². The van der Waals surface area contributed by atoms with Gasteiger partial charge in [0.25, 0.3) is 9.05 Å². The third-order valence-corrected chi connectivity index (χ3v) is 4.74. The molecule has 0 atom stereocenters. The molecule has 0 aliphatic carbocycles. The van der Waals surface area contributed by atoms with Gasteiger partial charge in [-0.2, -0.15) is 11.8 Å². The van der Waals surface area contributed by atoms with E-state index in [2.05, 4.69) is 15.9 Å². The van der Waals surface area contributed by atoms with Crippen LogP contribution in [0.4, 0.5) is 0 Å². The van der Waals surface area contributed by atoms with E-state index in [9.17, 15) is 8.42 Å². The van der Waals surface area contributed by atoms with Crippen molar-refractivity contribution in [3.63, 3.8) is 0 Å². The molecule has 0 aliphatic heterocycles. The summed E-state index contributed by atoms with van der Waals surface area (Å²) in [5, 5.41) is 0.216. The second kappa shape index (κ2) is 7.24. The summed E-state index contributed by atoms with van der Waals surface area (Å²) >= 11 is 10.8. The molecule has 0 N–H and O–H groups in total. The summed E-state index contributed by atoms with van der Waals surface area (Å²) in [7, 11) is 1.46. The maximum absolute atomic E-state index is 11.4. The van der Waals surface area contributed by atoms with Crippen LogP contribution in [0.2, 0.25) is 5.02 Å². The highest BCUT2D eigenvalue weighted by molar-refractivity contribution is 9.10. The monoisotopic (exact) mass is 392 g/mol. The average Bonchev–Trinajstić information content (AvgIpc) is 2.24. The van der Waals surface area contributed by atoms with Crippen molar-refractivity contribution in [2.75, 3.05) is 18.6 Å². The van der Waals surface area contributed by atoms with Crippen LogP contribution in [0, 0.1) is 0 Å². The Bertz CT molecular complexity index is 520. The minimum absolute atomic E-state index is 0.107. The Balaban J connectivity index is 3.02. The first-order valence-corrected chi connectivity index (χ1v) is 9.79. The molecule has 0 aromatic heterocycles. The molecule has 0 bridgehead atoms. The van der Waals surface area contributed by atoms with E-state index < -0.39 is 9.05 Å². The number of hydrogen-bond donors (Lipinski definition) is 0. The highest BCUT2D eigenvalue weighted by atomic mass is 79.9. The Morgan fingerprint density at radius 1 is 1.44 bits per heavy atom. The van der Waals surface area contributed by atoms with Crippen molar-refractivity contribution in [1.29, 1.82) is 0 Å². The van der Waals surface area contributed by atoms with E-state index in [1.54, 1.807) is 17.8 Å². The second-order valence-corrected chi connectivity index (χ2v) is 8.19. The van der Waals surface area contributed by atoms with Gasteiger partial charge in [0, 0.05) is 15.2 Å². The van der Waals surface area contributed by atoms with Crippen LogP contribution in [0.25, 0.3) is 0 Å². The van der Waals surface area contributed by atoms with E-state index >= 15 is 0 Å². The molecular weight excluding hydrogens is 383 g/mol. The first-order valence-electron chi connectivity index (χ1n) is 4.91. The Morgan fingerprint density at radius 3 is 2.67 bits per heavy atom. The largest absolute Gasteiger partial charge is 0.491 e. The minimum atomic E-state index is -3.89. The maximum Gasteiger partial charge on any atom is 0.265 e. The van der Waals surface area contributed by atoms with Gasteiger partial charge in [0.15, 0.2) is 5.75 Å². The van der Waals surface area contributed by atoms with Gasteiger partial charge in [-0.05, 0) is 30.6 Å². The molecule has 0 unspecified atom stereocenters. The highest BCUT2D eigenvalue weighted by Crippen LogP contribution is 2.37. The zero-order valence-corrected chi connectivity index (χ0v) is 14.2. The smallest absolute Gasteiger partial charge is 0.265 e. The second-order valence-electron chi connectivity index (χ2n) is 3.35. The van der Waals surface area contributed by atoms with Gasteiger partial charge in [0.05, 0.1) is 11.6 Å². The van der Waals surface area contributed by atoms with E-state index in [1.165, 1.54) is 6.07 Å². The van der Waals surface area contributed by atoms with Crippen molar-refractivity contribution < 1.29 is 13.2 Å². The third-order valence-electron chi connectivity index (χ3n) is 1.98. The minimum Gasteiger partial charge on any atom is -0.491 e. The summed E-state index contributed by atoms with van der Waals surface area (Å²) in [6, 6.07) is 2.94. The van der Waals surface area contributed by atoms with Gasteiger partial charge in [-0.15, -0.1) is 0 Å². The fourth-order valence-electron chi connectivity index (χ4n) is 1.24. The van der Waals surface area contributed by atoms with Crippen molar-refractivity contribution in [2.45, 2.75) is 11.3 Å². The molecule has 0 saturated heterocycles. The van der Waals surface area contributed by atoms with E-state index in [1.807, 2.05) is 6.26 Å². The number of rotatable bonds is 6. The molecule has 1 rings (SSSR count). The van der Waals surface area contributed by atoms with Crippen LogP contribution >= 0.6 is 50.0 Å². The predicted octanol–water partition coefficient (Wildman–Crippen LogP) is 4.16. The molecule has 3 nitrogen and oxygen atoms in total. The first kappa shape index (κ1) is 16.4. The highest BCUT2D eigenvalue weighted by Gasteiger charge is 2.20. The lowest BCUT2D eigenvalue weighted by atomic mass is 10.3. The Hall–Kier alpha value is 0.380. The Kier molecular flexibility index (Phi) is 6.61. The molecule has 0 heterocycles. The van der Waals surface area contributed by atoms with Gasteiger partial charge < -0.3 is 4.74 Å². The summed E-state index contributed by atoms with van der Waals surface area (Å²) in [6.45, 7) is 0.390. The summed E-state index contributed by atoms with van der Waals surface area (Å²) in [5.41, 5.74) is 0. The molecule has 1 aromatic carbocycles. The van der Waals surface area contributed by atoms with Crippen LogP contribution in [0.15, 0.2) is 21.5 Å². The zero-order valence-electron chi connectivity index (χ0n) is 9.45. The van der Waals surface area contributed by atoms with Crippen LogP contribution in [-0.2, 0) is 9.05 Å². The van der Waals surface area contributed by atoms with Crippen LogP contribution < -0.4 is 4.74 Å². The number of ether oxygens (including phenoxy) is 1. The summed E-state index contributed by atoms with van der Waals surface area (Å²) < 4.78 is 28.9. The lowest BCUT2D eigenvalue weighted by Gasteiger charge is -2.11. The van der Waals surface area contributed by atoms with Crippen LogP contribution in [0.3, 0.4) is 0 Å². The first-order chi connectivity index (χ1) is 8.36. The number of hydrogen-bond acceptors (Lipinski definition) is 4. The van der Waals surface area contributed by atoms with Gasteiger partial charge in [0.1, 0.15) is 4.90 Å². The lowest BCUT2D eigenvalue weighted by molar-refractivity contribution is 0.311. The SMILES string of the molecule is CSCCCOc1c(Cl)cc(Br)cc1S(=O)(=O)Cl. The summed E-state index contributed by atoms with van der Waals surface area (Å²) in [6.07, 6.45) is 2.79. The zero-order chi connectivity index (χ0) is 13.8. The third kappa shape index (κ3) is 4.81. The fourth-order valence-corrected chi connectivity index (χ4v) is 3.71. The summed E-state index contributed by atoms with van der Waals surface area (Å²) in [4.78, 5) is -0.118. The molecule has 0 aliphatic rings. The van der Waals surface area contributed by atoms with E-state index in [0.29, 0.717) is 11.1 Å². The van der Waals surface area contributed by atoms with E-state index in [4.69, 9.17) is 27.0 Å². The van der Waals surface area contributed by atoms with E-state index in [-0.39, 0.29) is 15.7 Å². The molecule has 1 aromatic rings. The van der Waals surface area contributed by atoms with Gasteiger partial charge >= 0.3 is 0 Å². The van der Waals surface area contributed by atoms with Gasteiger partial charge in [-0.25, -0.2) is 8.42 Å². The predicted molar refractivity (Wildman–Crippen MR) is 80.7 cm³/mol. The van der Waals surface area contributed by atoms with Crippen LogP contribution in [0.1, 0.15) is 6.42 Å². The Morgan fingerprint density at radius 2 is 2.11 bits per heavy atom. The molecule has 0 saturated carbocycles. The van der Waals surface area contributed by atoms with E-state index in [0.717, 1.165) is 12.2 Å². The molecule has 8 heteroatoms. The summed E-state index contributed by atoms with van der Waals surface area (Å²) in [5.74, 6) is 1.04. The normalized spacial score (nSPS) is 11.6. The molecule has 0 radical (unpaired) electrons.